The SMILES string of the molecule is CC1=C(C2OC(C3CCCCC(CN(C)C)CC3)=NN2C)N=C(c2ccc([S+]([O-])C(C)C)cc2)CN1C. The van der Waals surface area contributed by atoms with E-state index >= 15 is 0 Å². The summed E-state index contributed by atoms with van der Waals surface area (Å²) in [6.07, 6.45) is 7.03. The number of allylic oxidation sites excluding steroid dienone is 1. The summed E-state index contributed by atoms with van der Waals surface area (Å²) in [6, 6.07) is 8.02. The van der Waals surface area contributed by atoms with E-state index in [1.807, 2.05) is 50.2 Å². The van der Waals surface area contributed by atoms with Crippen LogP contribution in [0, 0.1) is 11.8 Å². The van der Waals surface area contributed by atoms with Crippen LogP contribution in [0.1, 0.15) is 64.9 Å². The van der Waals surface area contributed by atoms with Crippen molar-refractivity contribution in [1.29, 1.82) is 0 Å². The lowest BCUT2D eigenvalue weighted by Crippen LogP contribution is -2.36. The Labute approximate surface area is 226 Å². The van der Waals surface area contributed by atoms with Gasteiger partial charge in [0.15, 0.2) is 4.90 Å². The molecule has 1 aliphatic carbocycles. The molecule has 4 rings (SSSR count). The molecule has 2 aliphatic heterocycles. The Bertz CT molecular complexity index is 1020. The second kappa shape index (κ2) is 12.2. The van der Waals surface area contributed by atoms with Crippen molar-refractivity contribution in [2.24, 2.45) is 21.9 Å². The van der Waals surface area contributed by atoms with Crippen molar-refractivity contribution < 1.29 is 9.29 Å². The maximum Gasteiger partial charge on any atom is 0.233 e. The van der Waals surface area contributed by atoms with Crippen molar-refractivity contribution >= 4 is 22.8 Å². The predicted octanol–water partition coefficient (Wildman–Crippen LogP) is 4.92. The molecule has 0 bridgehead atoms. The molecule has 0 amide bonds. The predicted molar refractivity (Wildman–Crippen MR) is 153 cm³/mol. The normalized spacial score (nSPS) is 26.2. The minimum absolute atomic E-state index is 0.0992. The first-order valence-electron chi connectivity index (χ1n) is 13.8. The van der Waals surface area contributed by atoms with Crippen molar-refractivity contribution in [3.63, 3.8) is 0 Å². The van der Waals surface area contributed by atoms with Crippen LogP contribution in [-0.4, -0.2) is 83.7 Å². The molecule has 4 unspecified atom stereocenters. The molecule has 1 fully saturated rings. The molecule has 204 valence electrons. The quantitative estimate of drug-likeness (QED) is 0.471. The van der Waals surface area contributed by atoms with Gasteiger partial charge in [0.05, 0.1) is 12.3 Å². The van der Waals surface area contributed by atoms with E-state index in [4.69, 9.17) is 14.8 Å². The highest BCUT2D eigenvalue weighted by atomic mass is 32.2. The molecule has 0 radical (unpaired) electrons. The summed E-state index contributed by atoms with van der Waals surface area (Å²) >= 11 is -0.993. The van der Waals surface area contributed by atoms with Crippen LogP contribution in [0.5, 0.6) is 0 Å². The van der Waals surface area contributed by atoms with Gasteiger partial charge < -0.3 is 19.1 Å². The lowest BCUT2D eigenvalue weighted by Gasteiger charge is -2.31. The number of ether oxygens (including phenoxy) is 1. The number of nitrogens with zero attached hydrogens (tertiary/aromatic N) is 5. The van der Waals surface area contributed by atoms with E-state index in [-0.39, 0.29) is 11.5 Å². The summed E-state index contributed by atoms with van der Waals surface area (Å²) < 4.78 is 19.1. The van der Waals surface area contributed by atoms with E-state index in [2.05, 4.69) is 37.9 Å². The molecule has 37 heavy (non-hydrogen) atoms. The van der Waals surface area contributed by atoms with Gasteiger partial charge >= 0.3 is 0 Å². The highest BCUT2D eigenvalue weighted by Gasteiger charge is 2.36. The number of likely N-dealkylation sites (N-methyl/N-ethyl adjacent to an activating group) is 2. The molecular weight excluding hydrogens is 482 g/mol. The lowest BCUT2D eigenvalue weighted by atomic mass is 9.85. The van der Waals surface area contributed by atoms with Gasteiger partial charge in [-0.3, -0.25) is 5.01 Å². The van der Waals surface area contributed by atoms with Gasteiger partial charge in [-0.2, -0.15) is 0 Å². The zero-order valence-electron chi connectivity index (χ0n) is 23.7. The average Bonchev–Trinajstić information content (AvgIpc) is 3.23. The Morgan fingerprint density at radius 1 is 1.08 bits per heavy atom. The van der Waals surface area contributed by atoms with Crippen molar-refractivity contribution in [1.82, 2.24) is 14.8 Å². The first-order valence-corrected chi connectivity index (χ1v) is 15.0. The second-order valence-corrected chi connectivity index (χ2v) is 13.4. The first-order chi connectivity index (χ1) is 17.6. The Morgan fingerprint density at radius 3 is 2.46 bits per heavy atom. The Kier molecular flexibility index (Phi) is 9.24. The third kappa shape index (κ3) is 6.70. The zero-order valence-corrected chi connectivity index (χ0v) is 24.6. The van der Waals surface area contributed by atoms with E-state index in [1.165, 1.54) is 25.7 Å². The van der Waals surface area contributed by atoms with Gasteiger partial charge in [0.25, 0.3) is 0 Å². The largest absolute Gasteiger partial charge is 0.611 e. The highest BCUT2D eigenvalue weighted by molar-refractivity contribution is 7.92. The van der Waals surface area contributed by atoms with Gasteiger partial charge in [0, 0.05) is 32.3 Å². The number of aliphatic imine (C=N–C) groups is 1. The van der Waals surface area contributed by atoms with Crippen LogP contribution in [0.15, 0.2) is 50.6 Å². The van der Waals surface area contributed by atoms with Crippen molar-refractivity contribution in [2.75, 3.05) is 41.3 Å². The average molecular weight is 528 g/mol. The molecule has 0 spiro atoms. The topological polar surface area (TPSA) is 66.7 Å². The minimum Gasteiger partial charge on any atom is -0.611 e. The highest BCUT2D eigenvalue weighted by Crippen LogP contribution is 2.33. The standard InChI is InChI=1S/C29H45N5O2S/c1-20(2)37(35)25-16-14-23(15-17-25)26-19-33(6)21(3)27(30-26)29-34(7)31-28(36-29)24-11-9-8-10-22(12-13-24)18-32(4)5/h14-17,20,22,24,29H,8-13,18-19H2,1-7H3. The fourth-order valence-corrected chi connectivity index (χ4v) is 6.52. The zero-order chi connectivity index (χ0) is 26.7. The fraction of sp³-hybridized carbons (Fsp3) is 0.655. The Hall–Kier alpha value is -2.03. The molecule has 3 aliphatic rings. The monoisotopic (exact) mass is 527 g/mol. The third-order valence-electron chi connectivity index (χ3n) is 7.81. The second-order valence-electron chi connectivity index (χ2n) is 11.4. The van der Waals surface area contributed by atoms with Gasteiger partial charge in [-0.05, 0) is 107 Å². The fourth-order valence-electron chi connectivity index (χ4n) is 5.57. The lowest BCUT2D eigenvalue weighted by molar-refractivity contribution is 0.100. The summed E-state index contributed by atoms with van der Waals surface area (Å²) in [7, 11) is 8.44. The molecule has 2 heterocycles. The van der Waals surface area contributed by atoms with Crippen LogP contribution in [-0.2, 0) is 15.9 Å². The van der Waals surface area contributed by atoms with E-state index in [0.717, 1.165) is 65.3 Å². The van der Waals surface area contributed by atoms with E-state index in [1.54, 1.807) is 0 Å². The van der Waals surface area contributed by atoms with Crippen molar-refractivity contribution in [2.45, 2.75) is 75.7 Å². The number of rotatable bonds is 7. The molecule has 1 aromatic rings. The minimum atomic E-state index is -0.993. The van der Waals surface area contributed by atoms with Crippen LogP contribution < -0.4 is 0 Å². The molecule has 0 N–H and O–H groups in total. The summed E-state index contributed by atoms with van der Waals surface area (Å²) in [6.45, 7) is 7.96. The smallest absolute Gasteiger partial charge is 0.233 e. The van der Waals surface area contributed by atoms with Gasteiger partial charge in [-0.15, -0.1) is 5.10 Å². The van der Waals surface area contributed by atoms with Crippen molar-refractivity contribution in [3.05, 3.63) is 41.2 Å². The van der Waals surface area contributed by atoms with Crippen LogP contribution >= 0.6 is 0 Å². The Balaban J connectivity index is 1.49. The Morgan fingerprint density at radius 2 is 1.78 bits per heavy atom. The molecule has 8 heteroatoms. The van der Waals surface area contributed by atoms with E-state index in [0.29, 0.717) is 5.92 Å². The molecule has 4 atom stereocenters. The summed E-state index contributed by atoms with van der Waals surface area (Å²) in [5.41, 5.74) is 4.07. The van der Waals surface area contributed by atoms with Gasteiger partial charge in [-0.1, -0.05) is 12.8 Å². The van der Waals surface area contributed by atoms with E-state index in [9.17, 15) is 4.55 Å². The molecule has 1 saturated carbocycles. The van der Waals surface area contributed by atoms with Crippen molar-refractivity contribution in [3.8, 4) is 0 Å². The van der Waals surface area contributed by atoms with Crippen LogP contribution in [0.4, 0.5) is 0 Å². The van der Waals surface area contributed by atoms with Crippen LogP contribution in [0.25, 0.3) is 0 Å². The summed E-state index contributed by atoms with van der Waals surface area (Å²) in [5.74, 6) is 2.00. The maximum absolute atomic E-state index is 12.5. The summed E-state index contributed by atoms with van der Waals surface area (Å²) in [5, 5.41) is 6.94. The van der Waals surface area contributed by atoms with Crippen LogP contribution in [0.2, 0.25) is 0 Å². The van der Waals surface area contributed by atoms with Gasteiger partial charge in [0.2, 0.25) is 12.1 Å². The van der Waals surface area contributed by atoms with Crippen LogP contribution in [0.3, 0.4) is 0 Å². The van der Waals surface area contributed by atoms with E-state index < -0.39 is 11.2 Å². The van der Waals surface area contributed by atoms with Gasteiger partial charge in [0.1, 0.15) is 10.9 Å². The molecule has 7 nitrogen and oxygen atoms in total. The number of hydrazone groups is 1. The molecule has 0 saturated heterocycles. The third-order valence-corrected chi connectivity index (χ3v) is 9.40. The molecule has 1 aromatic carbocycles. The molecule has 0 aromatic heterocycles. The number of hydrogen-bond acceptors (Lipinski definition) is 7. The van der Waals surface area contributed by atoms with Gasteiger partial charge in [-0.25, -0.2) is 4.99 Å². The molecular formula is C29H45N5O2S. The first kappa shape index (κ1) is 28.0. The summed E-state index contributed by atoms with van der Waals surface area (Å²) in [4.78, 5) is 10.5. The number of hydrogen-bond donors (Lipinski definition) is 0. The number of benzene rings is 1. The maximum atomic E-state index is 12.5.